The van der Waals surface area contributed by atoms with E-state index < -0.39 is 0 Å². The van der Waals surface area contributed by atoms with Gasteiger partial charge < -0.3 is 14.7 Å². The summed E-state index contributed by atoms with van der Waals surface area (Å²) in [6.07, 6.45) is 4.21. The molecular formula is C13H18N6O. The van der Waals surface area contributed by atoms with Crippen LogP contribution in [0.2, 0.25) is 0 Å². The first-order chi connectivity index (χ1) is 9.70. The minimum atomic E-state index is 0.552. The average Bonchev–Trinajstić information content (AvgIpc) is 3.19. The summed E-state index contributed by atoms with van der Waals surface area (Å²) in [5.74, 6) is 3.73. The highest BCUT2D eigenvalue weighted by molar-refractivity contribution is 5.47. The molecule has 0 radical (unpaired) electrons. The highest BCUT2D eigenvalue weighted by atomic mass is 16.5. The lowest BCUT2D eigenvalue weighted by molar-refractivity contribution is 0.387. The van der Waals surface area contributed by atoms with Crippen molar-refractivity contribution in [2.45, 2.75) is 26.3 Å². The smallest absolute Gasteiger partial charge is 0.223 e. The van der Waals surface area contributed by atoms with Gasteiger partial charge in [-0.05, 0) is 18.8 Å². The van der Waals surface area contributed by atoms with E-state index in [1.807, 2.05) is 18.0 Å². The van der Waals surface area contributed by atoms with Gasteiger partial charge >= 0.3 is 0 Å². The zero-order chi connectivity index (χ0) is 13.9. The summed E-state index contributed by atoms with van der Waals surface area (Å²) in [6.45, 7) is 3.32. The molecule has 0 aliphatic heterocycles. The number of rotatable bonds is 6. The fourth-order valence-corrected chi connectivity index (χ4v) is 1.92. The first kappa shape index (κ1) is 12.8. The molecule has 2 aromatic rings. The Balaban J connectivity index is 1.63. The van der Waals surface area contributed by atoms with Gasteiger partial charge in [0.15, 0.2) is 5.82 Å². The monoisotopic (exact) mass is 274 g/mol. The van der Waals surface area contributed by atoms with Crippen LogP contribution in [0.3, 0.4) is 0 Å². The van der Waals surface area contributed by atoms with Gasteiger partial charge in [-0.25, -0.2) is 9.97 Å². The highest BCUT2D eigenvalue weighted by Crippen LogP contribution is 2.28. The van der Waals surface area contributed by atoms with E-state index in [0.717, 1.165) is 24.1 Å². The van der Waals surface area contributed by atoms with Crippen molar-refractivity contribution in [2.75, 3.05) is 23.8 Å². The first-order valence-corrected chi connectivity index (χ1v) is 6.77. The van der Waals surface area contributed by atoms with Crippen LogP contribution in [0.25, 0.3) is 0 Å². The van der Waals surface area contributed by atoms with E-state index in [1.165, 1.54) is 12.8 Å². The number of aromatic nitrogens is 4. The maximum atomic E-state index is 4.96. The van der Waals surface area contributed by atoms with Crippen LogP contribution in [0, 0.1) is 12.8 Å². The van der Waals surface area contributed by atoms with Gasteiger partial charge in [0.1, 0.15) is 18.0 Å². The van der Waals surface area contributed by atoms with E-state index in [2.05, 4.69) is 25.4 Å². The molecule has 1 fully saturated rings. The summed E-state index contributed by atoms with van der Waals surface area (Å²) in [4.78, 5) is 14.7. The van der Waals surface area contributed by atoms with Crippen molar-refractivity contribution in [1.29, 1.82) is 0 Å². The van der Waals surface area contributed by atoms with Crippen molar-refractivity contribution < 1.29 is 4.52 Å². The minimum Gasteiger partial charge on any atom is -0.370 e. The van der Waals surface area contributed by atoms with Crippen LogP contribution in [0.1, 0.15) is 24.6 Å². The second-order valence-corrected chi connectivity index (χ2v) is 5.17. The molecule has 20 heavy (non-hydrogen) atoms. The summed E-state index contributed by atoms with van der Waals surface area (Å²) in [5.41, 5.74) is 0. The lowest BCUT2D eigenvalue weighted by Gasteiger charge is -2.16. The van der Waals surface area contributed by atoms with Gasteiger partial charge in [-0.2, -0.15) is 4.98 Å². The van der Waals surface area contributed by atoms with E-state index in [4.69, 9.17) is 4.52 Å². The minimum absolute atomic E-state index is 0.552. The van der Waals surface area contributed by atoms with Crippen LogP contribution in [0.5, 0.6) is 0 Å². The molecule has 1 N–H and O–H groups in total. The van der Waals surface area contributed by atoms with Crippen molar-refractivity contribution in [1.82, 2.24) is 20.1 Å². The number of anilines is 2. The van der Waals surface area contributed by atoms with Crippen molar-refractivity contribution >= 4 is 11.6 Å². The summed E-state index contributed by atoms with van der Waals surface area (Å²) in [7, 11) is 1.94. The van der Waals surface area contributed by atoms with Gasteiger partial charge in [-0.1, -0.05) is 5.16 Å². The number of hydrogen-bond acceptors (Lipinski definition) is 7. The molecule has 0 saturated heterocycles. The molecule has 2 heterocycles. The van der Waals surface area contributed by atoms with Crippen LogP contribution in [-0.4, -0.2) is 33.7 Å². The second-order valence-electron chi connectivity index (χ2n) is 5.17. The Morgan fingerprint density at radius 1 is 1.40 bits per heavy atom. The largest absolute Gasteiger partial charge is 0.370 e. The Labute approximate surface area is 117 Å². The van der Waals surface area contributed by atoms with Gasteiger partial charge in [0.25, 0.3) is 0 Å². The van der Waals surface area contributed by atoms with E-state index in [-0.39, 0.29) is 0 Å². The molecule has 0 spiro atoms. The molecule has 0 unspecified atom stereocenters. The Morgan fingerprint density at radius 3 is 2.95 bits per heavy atom. The van der Waals surface area contributed by atoms with Gasteiger partial charge in [0.05, 0.1) is 6.54 Å². The van der Waals surface area contributed by atoms with Crippen LogP contribution in [0.15, 0.2) is 16.9 Å². The van der Waals surface area contributed by atoms with Crippen LogP contribution in [0.4, 0.5) is 11.6 Å². The third-order valence-electron chi connectivity index (χ3n) is 3.26. The molecule has 1 saturated carbocycles. The van der Waals surface area contributed by atoms with Crippen molar-refractivity contribution in [3.63, 3.8) is 0 Å². The quantitative estimate of drug-likeness (QED) is 0.857. The fourth-order valence-electron chi connectivity index (χ4n) is 1.92. The molecule has 3 rings (SSSR count). The first-order valence-electron chi connectivity index (χ1n) is 6.77. The molecule has 106 valence electrons. The zero-order valence-electron chi connectivity index (χ0n) is 11.7. The lowest BCUT2D eigenvalue weighted by atomic mass is 10.4. The van der Waals surface area contributed by atoms with E-state index in [9.17, 15) is 0 Å². The normalized spacial score (nSPS) is 14.3. The molecule has 0 atom stereocenters. The molecule has 1 aliphatic carbocycles. The van der Waals surface area contributed by atoms with Gasteiger partial charge in [-0.3, -0.25) is 0 Å². The van der Waals surface area contributed by atoms with E-state index >= 15 is 0 Å². The van der Waals surface area contributed by atoms with E-state index in [0.29, 0.717) is 18.3 Å². The SMILES string of the molecule is Cc1nc(CN(C)c2cc(NCC3CC3)ncn2)no1. The number of nitrogens with one attached hydrogen (secondary N) is 1. The van der Waals surface area contributed by atoms with Crippen LogP contribution < -0.4 is 10.2 Å². The van der Waals surface area contributed by atoms with Crippen LogP contribution >= 0.6 is 0 Å². The molecule has 0 amide bonds. The fraction of sp³-hybridized carbons (Fsp3) is 0.538. The standard InChI is InChI=1S/C13H18N6O/c1-9-17-12(18-20-9)7-19(2)13-5-11(15-8-16-13)14-6-10-3-4-10/h5,8,10H,3-4,6-7H2,1-2H3,(H,14,15,16). The maximum absolute atomic E-state index is 4.96. The zero-order valence-corrected chi connectivity index (χ0v) is 11.7. The predicted octanol–water partition coefficient (Wildman–Crippen LogP) is 1.63. The Hall–Kier alpha value is -2.18. The Bertz CT molecular complexity index is 580. The summed E-state index contributed by atoms with van der Waals surface area (Å²) >= 11 is 0. The molecular weight excluding hydrogens is 256 g/mol. The maximum Gasteiger partial charge on any atom is 0.223 e. The molecule has 7 heteroatoms. The molecule has 1 aliphatic rings. The number of nitrogens with zero attached hydrogens (tertiary/aromatic N) is 5. The Morgan fingerprint density at radius 2 is 2.25 bits per heavy atom. The predicted molar refractivity (Wildman–Crippen MR) is 74.4 cm³/mol. The molecule has 7 nitrogen and oxygen atoms in total. The molecule has 0 aromatic carbocycles. The summed E-state index contributed by atoms with van der Waals surface area (Å²) < 4.78 is 4.96. The highest BCUT2D eigenvalue weighted by Gasteiger charge is 2.20. The van der Waals surface area contributed by atoms with Gasteiger partial charge in [0, 0.05) is 26.6 Å². The van der Waals surface area contributed by atoms with Crippen molar-refractivity contribution in [3.05, 3.63) is 24.1 Å². The lowest BCUT2D eigenvalue weighted by Crippen LogP contribution is -2.19. The summed E-state index contributed by atoms with van der Waals surface area (Å²) in [6, 6.07) is 1.94. The summed E-state index contributed by atoms with van der Waals surface area (Å²) in [5, 5.41) is 7.23. The van der Waals surface area contributed by atoms with Gasteiger partial charge in [-0.15, -0.1) is 0 Å². The average molecular weight is 274 g/mol. The van der Waals surface area contributed by atoms with E-state index in [1.54, 1.807) is 13.3 Å². The van der Waals surface area contributed by atoms with Gasteiger partial charge in [0.2, 0.25) is 5.89 Å². The number of hydrogen-bond donors (Lipinski definition) is 1. The third kappa shape index (κ3) is 3.23. The van der Waals surface area contributed by atoms with Crippen LogP contribution in [-0.2, 0) is 6.54 Å². The Kier molecular flexibility index (Phi) is 3.49. The molecule has 0 bridgehead atoms. The third-order valence-corrected chi connectivity index (χ3v) is 3.26. The van der Waals surface area contributed by atoms with Crippen molar-refractivity contribution in [2.24, 2.45) is 5.92 Å². The molecule has 2 aromatic heterocycles. The number of aryl methyl sites for hydroxylation is 1. The topological polar surface area (TPSA) is 80.0 Å². The van der Waals surface area contributed by atoms with Crippen molar-refractivity contribution in [3.8, 4) is 0 Å². The second kappa shape index (κ2) is 5.44.